The number of halogens is 2. The number of carboxylic acids is 2. The zero-order chi connectivity index (χ0) is 17.7. The van der Waals surface area contributed by atoms with E-state index in [0.717, 1.165) is 0 Å². The maximum Gasteiger partial charge on any atom is 0.337 e. The van der Waals surface area contributed by atoms with E-state index in [1.807, 2.05) is 0 Å². The average Bonchev–Trinajstić information content (AvgIpc) is 2.53. The molecular formula is C18H8Cl2O4. The fourth-order valence-electron chi connectivity index (χ4n) is 1.78. The van der Waals surface area contributed by atoms with Crippen molar-refractivity contribution >= 4 is 35.1 Å². The molecule has 0 amide bonds. The highest BCUT2D eigenvalue weighted by Gasteiger charge is 2.11. The van der Waals surface area contributed by atoms with E-state index in [9.17, 15) is 9.59 Å². The minimum Gasteiger partial charge on any atom is -0.478 e. The van der Waals surface area contributed by atoms with E-state index in [4.69, 9.17) is 33.4 Å². The minimum absolute atomic E-state index is 0.0326. The molecule has 0 aliphatic heterocycles. The van der Waals surface area contributed by atoms with Crippen molar-refractivity contribution in [1.82, 2.24) is 0 Å². The van der Waals surface area contributed by atoms with E-state index >= 15 is 0 Å². The van der Waals surface area contributed by atoms with Gasteiger partial charge in [0.2, 0.25) is 0 Å². The van der Waals surface area contributed by atoms with E-state index in [0.29, 0.717) is 11.1 Å². The zero-order valence-corrected chi connectivity index (χ0v) is 13.4. The van der Waals surface area contributed by atoms with Crippen molar-refractivity contribution in [2.75, 3.05) is 0 Å². The van der Waals surface area contributed by atoms with Gasteiger partial charge in [-0.05, 0) is 36.1 Å². The van der Waals surface area contributed by atoms with Gasteiger partial charge in [0.15, 0.2) is 0 Å². The maximum absolute atomic E-state index is 11.0. The number of rotatable bonds is 2. The molecule has 0 spiro atoms. The first-order chi connectivity index (χ1) is 11.4. The summed E-state index contributed by atoms with van der Waals surface area (Å²) < 4.78 is 0. The normalized spacial score (nSPS) is 9.25. The molecule has 0 aromatic heterocycles. The number of hydrogen-bond acceptors (Lipinski definition) is 2. The van der Waals surface area contributed by atoms with Gasteiger partial charge >= 0.3 is 11.9 Å². The summed E-state index contributed by atoms with van der Waals surface area (Å²) in [4.78, 5) is 22.0. The summed E-state index contributed by atoms with van der Waals surface area (Å²) >= 11 is 11.9. The molecule has 0 aliphatic rings. The quantitative estimate of drug-likeness (QED) is 0.800. The molecule has 2 aromatic carbocycles. The van der Waals surface area contributed by atoms with Gasteiger partial charge in [0.1, 0.15) is 0 Å². The van der Waals surface area contributed by atoms with E-state index in [1.54, 1.807) is 12.1 Å². The third-order valence-corrected chi connectivity index (χ3v) is 3.73. The number of aromatic carboxylic acids is 2. The van der Waals surface area contributed by atoms with Crippen molar-refractivity contribution in [3.8, 4) is 23.7 Å². The predicted molar refractivity (Wildman–Crippen MR) is 90.6 cm³/mol. The van der Waals surface area contributed by atoms with Gasteiger partial charge in [-0.2, -0.15) is 0 Å². The van der Waals surface area contributed by atoms with Crippen molar-refractivity contribution < 1.29 is 19.8 Å². The Hall–Kier alpha value is -2.92. The molecule has 118 valence electrons. The first kappa shape index (κ1) is 17.4. The lowest BCUT2D eigenvalue weighted by atomic mass is 10.1. The van der Waals surface area contributed by atoms with Crippen LogP contribution in [0.5, 0.6) is 0 Å². The third-order valence-electron chi connectivity index (χ3n) is 2.92. The molecule has 0 fully saturated rings. The highest BCUT2D eigenvalue weighted by molar-refractivity contribution is 6.35. The predicted octanol–water partition coefficient (Wildman–Crippen LogP) is 3.79. The Morgan fingerprint density at radius 2 is 1.12 bits per heavy atom. The molecule has 2 N–H and O–H groups in total. The molecule has 0 aliphatic carbocycles. The summed E-state index contributed by atoms with van der Waals surface area (Å²) in [5.74, 6) is 8.10. The number of hydrogen-bond donors (Lipinski definition) is 2. The Bertz CT molecular complexity index is 877. The lowest BCUT2D eigenvalue weighted by Gasteiger charge is -2.00. The van der Waals surface area contributed by atoms with Crippen LogP contribution in [0.1, 0.15) is 31.8 Å². The van der Waals surface area contributed by atoms with Crippen LogP contribution in [0.4, 0.5) is 0 Å². The summed E-state index contributed by atoms with van der Waals surface area (Å²) in [5.41, 5.74) is 0.565. The zero-order valence-electron chi connectivity index (χ0n) is 11.9. The summed E-state index contributed by atoms with van der Waals surface area (Å²) in [5, 5.41) is 18.0. The highest BCUT2D eigenvalue weighted by Crippen LogP contribution is 2.21. The topological polar surface area (TPSA) is 74.6 Å². The van der Waals surface area contributed by atoms with Crippen molar-refractivity contribution in [2.24, 2.45) is 0 Å². The maximum atomic E-state index is 11.0. The van der Waals surface area contributed by atoms with E-state index < -0.39 is 11.9 Å². The van der Waals surface area contributed by atoms with E-state index in [2.05, 4.69) is 23.7 Å². The largest absolute Gasteiger partial charge is 0.478 e. The highest BCUT2D eigenvalue weighted by atomic mass is 35.5. The molecule has 0 atom stereocenters. The van der Waals surface area contributed by atoms with Crippen LogP contribution in [0.2, 0.25) is 10.0 Å². The fourth-order valence-corrected chi connectivity index (χ4v) is 2.29. The SMILES string of the molecule is O=C(O)c1cccc(C#CC#Cc2cccc(C(=O)O)c2Cl)c1Cl. The summed E-state index contributed by atoms with van der Waals surface area (Å²) in [6.07, 6.45) is 0. The molecule has 4 nitrogen and oxygen atoms in total. The van der Waals surface area contributed by atoms with Crippen molar-refractivity contribution in [3.63, 3.8) is 0 Å². The van der Waals surface area contributed by atoms with Crippen LogP contribution in [0, 0.1) is 23.7 Å². The Morgan fingerprint density at radius 1 is 0.750 bits per heavy atom. The molecule has 0 radical (unpaired) electrons. The van der Waals surface area contributed by atoms with Crippen LogP contribution >= 0.6 is 23.2 Å². The number of benzene rings is 2. The van der Waals surface area contributed by atoms with Crippen LogP contribution in [-0.2, 0) is 0 Å². The number of carbonyl (C=O) groups is 2. The van der Waals surface area contributed by atoms with Gasteiger partial charge in [0.05, 0.1) is 21.2 Å². The van der Waals surface area contributed by atoms with Crippen molar-refractivity contribution in [3.05, 3.63) is 68.7 Å². The van der Waals surface area contributed by atoms with Crippen LogP contribution in [0.25, 0.3) is 0 Å². The lowest BCUT2D eigenvalue weighted by Crippen LogP contribution is -1.98. The molecule has 2 rings (SSSR count). The number of carboxylic acid groups (broad SMARTS) is 2. The smallest absolute Gasteiger partial charge is 0.337 e. The van der Waals surface area contributed by atoms with Gasteiger partial charge in [-0.3, -0.25) is 0 Å². The van der Waals surface area contributed by atoms with E-state index in [1.165, 1.54) is 24.3 Å². The van der Waals surface area contributed by atoms with Crippen LogP contribution in [-0.4, -0.2) is 22.2 Å². The Balaban J connectivity index is 2.33. The molecular weight excluding hydrogens is 351 g/mol. The van der Waals surface area contributed by atoms with Gasteiger partial charge in [-0.1, -0.05) is 47.2 Å². The molecule has 0 saturated carbocycles. The monoisotopic (exact) mass is 358 g/mol. The standard InChI is InChI=1S/C18H8Cl2O4/c19-15-11(7-3-9-13(15)17(21)22)5-1-2-6-12-8-4-10-14(16(12)20)18(23)24/h3-4,7-10H,(H,21,22)(H,23,24). The Kier molecular flexibility index (Phi) is 5.50. The van der Waals surface area contributed by atoms with Crippen LogP contribution in [0.15, 0.2) is 36.4 Å². The summed E-state index contributed by atoms with van der Waals surface area (Å²) in [7, 11) is 0. The minimum atomic E-state index is -1.15. The van der Waals surface area contributed by atoms with Crippen molar-refractivity contribution in [1.29, 1.82) is 0 Å². The average molecular weight is 359 g/mol. The van der Waals surface area contributed by atoms with Crippen LogP contribution < -0.4 is 0 Å². The second-order valence-electron chi connectivity index (χ2n) is 4.44. The first-order valence-corrected chi connectivity index (χ1v) is 7.23. The molecule has 0 bridgehead atoms. The van der Waals surface area contributed by atoms with Crippen molar-refractivity contribution in [2.45, 2.75) is 0 Å². The molecule has 6 heteroatoms. The second kappa shape index (κ2) is 7.57. The van der Waals surface area contributed by atoms with Gasteiger partial charge in [0, 0.05) is 11.1 Å². The van der Waals surface area contributed by atoms with Gasteiger partial charge in [-0.15, -0.1) is 0 Å². The second-order valence-corrected chi connectivity index (χ2v) is 5.20. The van der Waals surface area contributed by atoms with Gasteiger partial charge < -0.3 is 10.2 Å². The Morgan fingerprint density at radius 3 is 1.46 bits per heavy atom. The molecule has 24 heavy (non-hydrogen) atoms. The van der Waals surface area contributed by atoms with Gasteiger partial charge in [0.25, 0.3) is 0 Å². The lowest BCUT2D eigenvalue weighted by molar-refractivity contribution is 0.0686. The molecule has 0 unspecified atom stereocenters. The third kappa shape index (κ3) is 3.88. The molecule has 0 saturated heterocycles. The fraction of sp³-hybridized carbons (Fsp3) is 0. The molecule has 0 heterocycles. The summed E-state index contributed by atoms with van der Waals surface area (Å²) in [6, 6.07) is 8.94. The molecule has 2 aromatic rings. The first-order valence-electron chi connectivity index (χ1n) is 6.47. The summed E-state index contributed by atoms with van der Waals surface area (Å²) in [6.45, 7) is 0. The van der Waals surface area contributed by atoms with Crippen LogP contribution in [0.3, 0.4) is 0 Å². The van der Waals surface area contributed by atoms with Gasteiger partial charge in [-0.25, -0.2) is 9.59 Å². The van der Waals surface area contributed by atoms with E-state index in [-0.39, 0.29) is 21.2 Å². The Labute approximate surface area is 147 Å².